The van der Waals surface area contributed by atoms with Crippen LogP contribution in [0.2, 0.25) is 0 Å². The number of carbonyl (C=O) groups excluding carboxylic acids is 1. The van der Waals surface area contributed by atoms with Crippen molar-refractivity contribution in [2.45, 2.75) is 33.6 Å². The van der Waals surface area contributed by atoms with Crippen LogP contribution in [0.4, 0.5) is 0 Å². The second-order valence-corrected chi connectivity index (χ2v) is 7.83. The fourth-order valence-electron chi connectivity index (χ4n) is 3.62. The Labute approximate surface area is 161 Å². The second kappa shape index (κ2) is 7.19. The Bertz CT molecular complexity index is 961. The number of aromatic nitrogens is 4. The van der Waals surface area contributed by atoms with Crippen LogP contribution < -0.4 is 0 Å². The number of rotatable bonds is 4. The fourth-order valence-corrected chi connectivity index (χ4v) is 4.39. The van der Waals surface area contributed by atoms with Gasteiger partial charge in [0.2, 0.25) is 0 Å². The van der Waals surface area contributed by atoms with Gasteiger partial charge in [0.15, 0.2) is 0 Å². The molecule has 1 saturated heterocycles. The van der Waals surface area contributed by atoms with Crippen molar-refractivity contribution in [2.24, 2.45) is 5.92 Å². The molecule has 3 aromatic heterocycles. The van der Waals surface area contributed by atoms with Gasteiger partial charge in [-0.25, -0.2) is 15.0 Å². The number of amides is 1. The molecule has 0 bridgehead atoms. The lowest BCUT2D eigenvalue weighted by Gasteiger charge is -2.16. The molecule has 3 aromatic rings. The zero-order valence-corrected chi connectivity index (χ0v) is 16.4. The minimum absolute atomic E-state index is 0.0941. The van der Waals surface area contributed by atoms with E-state index >= 15 is 0 Å². The summed E-state index contributed by atoms with van der Waals surface area (Å²) in [6.07, 6.45) is 3.40. The van der Waals surface area contributed by atoms with Crippen LogP contribution in [0, 0.1) is 26.7 Å². The summed E-state index contributed by atoms with van der Waals surface area (Å²) in [6, 6.07) is 2.00. The van der Waals surface area contributed by atoms with Crippen molar-refractivity contribution >= 4 is 17.2 Å². The van der Waals surface area contributed by atoms with E-state index in [4.69, 9.17) is 4.52 Å². The molecule has 0 spiro atoms. The first kappa shape index (κ1) is 17.8. The van der Waals surface area contributed by atoms with Crippen LogP contribution in [-0.4, -0.2) is 44.0 Å². The van der Waals surface area contributed by atoms with Gasteiger partial charge < -0.3 is 9.42 Å². The minimum atomic E-state index is 0.0941. The van der Waals surface area contributed by atoms with E-state index < -0.39 is 0 Å². The number of hydrogen-bond donors (Lipinski definition) is 0. The summed E-state index contributed by atoms with van der Waals surface area (Å²) in [7, 11) is 0. The maximum Gasteiger partial charge on any atom is 0.265 e. The SMILES string of the molecule is Cc1ncsc1C(=O)N1CCC(Cc2cc(-c3c(C)noc3C)ncn2)C1. The molecule has 8 heteroatoms. The number of aryl methyl sites for hydroxylation is 3. The van der Waals surface area contributed by atoms with E-state index in [-0.39, 0.29) is 5.91 Å². The van der Waals surface area contributed by atoms with Crippen molar-refractivity contribution in [3.05, 3.63) is 45.6 Å². The van der Waals surface area contributed by atoms with Crippen LogP contribution in [0.5, 0.6) is 0 Å². The maximum atomic E-state index is 12.7. The minimum Gasteiger partial charge on any atom is -0.361 e. The largest absolute Gasteiger partial charge is 0.361 e. The predicted molar refractivity (Wildman–Crippen MR) is 102 cm³/mol. The normalized spacial score (nSPS) is 16.9. The highest BCUT2D eigenvalue weighted by Crippen LogP contribution is 2.27. The van der Waals surface area contributed by atoms with Gasteiger partial charge in [0.05, 0.1) is 28.2 Å². The van der Waals surface area contributed by atoms with Crippen LogP contribution in [-0.2, 0) is 6.42 Å². The standard InChI is InChI=1S/C19H21N5O2S/c1-11-17(13(3)26-23-11)16-7-15(20-9-21-16)6-14-4-5-24(8-14)19(25)18-12(2)22-10-27-18/h7,9-10,14H,4-6,8H2,1-3H3. The van der Waals surface area contributed by atoms with E-state index in [0.29, 0.717) is 5.92 Å². The van der Waals surface area contributed by atoms with Gasteiger partial charge >= 0.3 is 0 Å². The van der Waals surface area contributed by atoms with Gasteiger partial charge in [-0.05, 0) is 45.6 Å². The van der Waals surface area contributed by atoms with Crippen LogP contribution >= 0.6 is 11.3 Å². The summed E-state index contributed by atoms with van der Waals surface area (Å²) in [5.41, 5.74) is 6.12. The summed E-state index contributed by atoms with van der Waals surface area (Å²) < 4.78 is 5.25. The molecule has 0 N–H and O–H groups in total. The molecule has 4 heterocycles. The molecule has 1 amide bonds. The lowest BCUT2D eigenvalue weighted by atomic mass is 10.0. The van der Waals surface area contributed by atoms with E-state index in [1.807, 2.05) is 31.7 Å². The van der Waals surface area contributed by atoms with E-state index in [1.165, 1.54) is 11.3 Å². The number of likely N-dealkylation sites (tertiary alicyclic amines) is 1. The molecule has 0 aromatic carbocycles. The van der Waals surface area contributed by atoms with Crippen molar-refractivity contribution < 1.29 is 9.32 Å². The molecule has 1 atom stereocenters. The van der Waals surface area contributed by atoms with Gasteiger partial charge in [0.1, 0.15) is 17.0 Å². The quantitative estimate of drug-likeness (QED) is 0.688. The Morgan fingerprint density at radius 2 is 2.11 bits per heavy atom. The zero-order chi connectivity index (χ0) is 19.0. The zero-order valence-electron chi connectivity index (χ0n) is 15.6. The predicted octanol–water partition coefficient (Wildman–Crippen LogP) is 3.22. The highest BCUT2D eigenvalue weighted by molar-refractivity contribution is 7.11. The lowest BCUT2D eigenvalue weighted by Crippen LogP contribution is -2.28. The van der Waals surface area contributed by atoms with Crippen LogP contribution in [0.3, 0.4) is 0 Å². The van der Waals surface area contributed by atoms with Crippen LogP contribution in [0.15, 0.2) is 22.4 Å². The van der Waals surface area contributed by atoms with E-state index in [9.17, 15) is 4.79 Å². The summed E-state index contributed by atoms with van der Waals surface area (Å²) in [5.74, 6) is 1.25. The second-order valence-electron chi connectivity index (χ2n) is 6.97. The molecule has 0 saturated carbocycles. The number of carbonyl (C=O) groups is 1. The third-order valence-electron chi connectivity index (χ3n) is 5.02. The molecule has 4 rings (SSSR count). The number of hydrogen-bond acceptors (Lipinski definition) is 7. The molecule has 1 aliphatic heterocycles. The molecule has 1 unspecified atom stereocenters. The first-order valence-electron chi connectivity index (χ1n) is 8.96. The first-order valence-corrected chi connectivity index (χ1v) is 9.84. The molecule has 0 aliphatic carbocycles. The fraction of sp³-hybridized carbons (Fsp3) is 0.421. The molecule has 140 valence electrons. The number of thiazole rings is 1. The van der Waals surface area contributed by atoms with Gasteiger partial charge in [-0.3, -0.25) is 4.79 Å². The van der Waals surface area contributed by atoms with Gasteiger partial charge in [0, 0.05) is 18.8 Å². The van der Waals surface area contributed by atoms with Gasteiger partial charge in [-0.15, -0.1) is 11.3 Å². The first-order chi connectivity index (χ1) is 13.0. The summed E-state index contributed by atoms with van der Waals surface area (Å²) in [4.78, 5) is 28.3. The Kier molecular flexibility index (Phi) is 4.73. The molecular formula is C19H21N5O2S. The van der Waals surface area contributed by atoms with Crippen LogP contribution in [0.25, 0.3) is 11.3 Å². The molecular weight excluding hydrogens is 362 g/mol. The highest BCUT2D eigenvalue weighted by Gasteiger charge is 2.29. The summed E-state index contributed by atoms with van der Waals surface area (Å²) in [5, 5.41) is 4.00. The third kappa shape index (κ3) is 3.49. The Balaban J connectivity index is 1.46. The summed E-state index contributed by atoms with van der Waals surface area (Å²) in [6.45, 7) is 7.21. The van der Waals surface area contributed by atoms with Crippen molar-refractivity contribution in [1.29, 1.82) is 0 Å². The van der Waals surface area contributed by atoms with Crippen LogP contribution in [0.1, 0.15) is 38.9 Å². The van der Waals surface area contributed by atoms with E-state index in [2.05, 4.69) is 20.1 Å². The smallest absolute Gasteiger partial charge is 0.265 e. The third-order valence-corrected chi connectivity index (χ3v) is 5.94. The average Bonchev–Trinajstić information content (AvgIpc) is 3.36. The molecule has 1 aliphatic rings. The molecule has 0 radical (unpaired) electrons. The van der Waals surface area contributed by atoms with E-state index in [0.717, 1.165) is 64.9 Å². The Hall–Kier alpha value is -2.61. The van der Waals surface area contributed by atoms with Crippen molar-refractivity contribution in [3.8, 4) is 11.3 Å². The Morgan fingerprint density at radius 1 is 1.26 bits per heavy atom. The Morgan fingerprint density at radius 3 is 2.81 bits per heavy atom. The average molecular weight is 383 g/mol. The summed E-state index contributed by atoms with van der Waals surface area (Å²) >= 11 is 1.42. The van der Waals surface area contributed by atoms with Gasteiger partial charge in [0.25, 0.3) is 5.91 Å². The number of nitrogens with zero attached hydrogens (tertiary/aromatic N) is 5. The van der Waals surface area contributed by atoms with Crippen molar-refractivity contribution in [3.63, 3.8) is 0 Å². The molecule has 1 fully saturated rings. The maximum absolute atomic E-state index is 12.7. The molecule has 7 nitrogen and oxygen atoms in total. The highest BCUT2D eigenvalue weighted by atomic mass is 32.1. The van der Waals surface area contributed by atoms with Gasteiger partial charge in [-0.1, -0.05) is 5.16 Å². The lowest BCUT2D eigenvalue weighted by molar-refractivity contribution is 0.0791. The monoisotopic (exact) mass is 383 g/mol. The van der Waals surface area contributed by atoms with Crippen molar-refractivity contribution in [2.75, 3.05) is 13.1 Å². The topological polar surface area (TPSA) is 85.0 Å². The molecule has 27 heavy (non-hydrogen) atoms. The van der Waals surface area contributed by atoms with Gasteiger partial charge in [-0.2, -0.15) is 0 Å². The van der Waals surface area contributed by atoms with E-state index in [1.54, 1.807) is 11.8 Å². The van der Waals surface area contributed by atoms with Crippen molar-refractivity contribution in [1.82, 2.24) is 25.0 Å².